The third-order valence-electron chi connectivity index (χ3n) is 5.35. The van der Waals surface area contributed by atoms with Crippen LogP contribution in [0.5, 0.6) is 0 Å². The zero-order valence-corrected chi connectivity index (χ0v) is 12.8. The predicted molar refractivity (Wildman–Crippen MR) is 74.3 cm³/mol. The fourth-order valence-electron chi connectivity index (χ4n) is 3.73. The number of carbonyl (C=O) groups is 1. The second-order valence-corrected chi connectivity index (χ2v) is 7.10. The van der Waals surface area contributed by atoms with Gasteiger partial charge >= 0.3 is 0 Å². The van der Waals surface area contributed by atoms with Gasteiger partial charge in [0.2, 0.25) is 11.8 Å². The molecule has 4 nitrogen and oxygen atoms in total. The molecule has 21 heavy (non-hydrogen) atoms. The van der Waals surface area contributed by atoms with Gasteiger partial charge in [0.15, 0.2) is 0 Å². The van der Waals surface area contributed by atoms with Crippen LogP contribution in [0, 0.1) is 5.92 Å². The van der Waals surface area contributed by atoms with Crippen molar-refractivity contribution in [1.29, 1.82) is 0 Å². The number of likely N-dealkylation sites (N-methyl/N-ethyl adjacent to an activating group) is 1. The van der Waals surface area contributed by atoms with Crippen molar-refractivity contribution in [3.63, 3.8) is 0 Å². The number of halogens is 2. The molecule has 0 N–H and O–H groups in total. The van der Waals surface area contributed by atoms with Crippen LogP contribution >= 0.6 is 0 Å². The highest BCUT2D eigenvalue weighted by molar-refractivity contribution is 5.80. The lowest BCUT2D eigenvalue weighted by atomic mass is 9.79. The Balaban J connectivity index is 1.51. The van der Waals surface area contributed by atoms with Crippen LogP contribution in [0.15, 0.2) is 0 Å². The van der Waals surface area contributed by atoms with Crippen LogP contribution in [0.3, 0.4) is 0 Å². The number of alkyl halides is 2. The number of amides is 1. The molecular formula is C15H24F2N2O2. The predicted octanol–water partition coefficient (Wildman–Crippen LogP) is 1.74. The molecule has 6 heteroatoms. The molecule has 1 aliphatic carbocycles. The first kappa shape index (κ1) is 15.2. The molecule has 1 spiro atoms. The van der Waals surface area contributed by atoms with Crippen molar-refractivity contribution >= 4 is 5.91 Å². The van der Waals surface area contributed by atoms with Crippen LogP contribution < -0.4 is 0 Å². The summed E-state index contributed by atoms with van der Waals surface area (Å²) in [5.74, 6) is -3.17. The molecule has 2 heterocycles. The molecule has 1 amide bonds. The molecule has 0 radical (unpaired) electrons. The van der Waals surface area contributed by atoms with Crippen molar-refractivity contribution in [1.82, 2.24) is 9.80 Å². The third kappa shape index (κ3) is 2.93. The molecule has 1 atom stereocenters. The van der Waals surface area contributed by atoms with Gasteiger partial charge in [-0.2, -0.15) is 0 Å². The van der Waals surface area contributed by atoms with Crippen molar-refractivity contribution in [3.05, 3.63) is 0 Å². The Bertz CT molecular complexity index is 412. The minimum atomic E-state index is -2.62. The largest absolute Gasteiger partial charge is 0.373 e. The minimum absolute atomic E-state index is 0.0852. The maximum absolute atomic E-state index is 12.9. The molecule has 120 valence electrons. The first-order valence-electron chi connectivity index (χ1n) is 7.77. The number of rotatable bonds is 2. The van der Waals surface area contributed by atoms with Gasteiger partial charge in [0, 0.05) is 37.9 Å². The molecule has 2 aliphatic heterocycles. The maximum atomic E-state index is 12.9. The first-order valence-corrected chi connectivity index (χ1v) is 7.77. The van der Waals surface area contributed by atoms with E-state index in [4.69, 9.17) is 4.74 Å². The summed E-state index contributed by atoms with van der Waals surface area (Å²) in [5, 5.41) is 0. The minimum Gasteiger partial charge on any atom is -0.373 e. The molecule has 1 unspecified atom stereocenters. The Labute approximate surface area is 124 Å². The monoisotopic (exact) mass is 302 g/mol. The van der Waals surface area contributed by atoms with E-state index in [-0.39, 0.29) is 24.3 Å². The number of carbonyl (C=O) groups excluding carboxylic acids is 1. The van der Waals surface area contributed by atoms with E-state index in [1.165, 1.54) is 0 Å². The van der Waals surface area contributed by atoms with E-state index in [0.717, 1.165) is 25.9 Å². The Kier molecular flexibility index (Phi) is 3.72. The highest BCUT2D eigenvalue weighted by Crippen LogP contribution is 2.44. The van der Waals surface area contributed by atoms with E-state index in [1.54, 1.807) is 4.90 Å². The second kappa shape index (κ2) is 5.16. The molecule has 0 aromatic carbocycles. The molecular weight excluding hydrogens is 278 g/mol. The standard InChI is InChI=1S/C15H24F2N2O2/c1-18(2)12-9-14(21-10-12)3-5-19(6-4-14)13(20)11-7-15(16,17)8-11/h11-12H,3-10H2,1-2H3. The topological polar surface area (TPSA) is 32.8 Å². The van der Waals surface area contributed by atoms with Crippen molar-refractivity contribution in [2.24, 2.45) is 5.92 Å². The number of nitrogens with zero attached hydrogens (tertiary/aromatic N) is 2. The van der Waals surface area contributed by atoms with E-state index in [9.17, 15) is 13.6 Å². The van der Waals surface area contributed by atoms with Crippen LogP contribution in [0.1, 0.15) is 32.1 Å². The number of hydrogen-bond donors (Lipinski definition) is 0. The summed E-state index contributed by atoms with van der Waals surface area (Å²) in [7, 11) is 4.12. The lowest BCUT2D eigenvalue weighted by Gasteiger charge is -2.42. The number of hydrogen-bond acceptors (Lipinski definition) is 3. The van der Waals surface area contributed by atoms with Crippen LogP contribution in [0.25, 0.3) is 0 Å². The van der Waals surface area contributed by atoms with Gasteiger partial charge in [0.1, 0.15) is 0 Å². The van der Waals surface area contributed by atoms with Crippen LogP contribution in [0.2, 0.25) is 0 Å². The molecule has 1 saturated carbocycles. The molecule has 3 fully saturated rings. The van der Waals surface area contributed by atoms with Crippen LogP contribution in [-0.2, 0) is 9.53 Å². The SMILES string of the molecule is CN(C)C1COC2(CCN(C(=O)C3CC(F)(F)C3)CC2)C1. The van der Waals surface area contributed by atoms with Gasteiger partial charge in [-0.05, 0) is 33.4 Å². The fourth-order valence-corrected chi connectivity index (χ4v) is 3.73. The van der Waals surface area contributed by atoms with Gasteiger partial charge in [-0.25, -0.2) is 8.78 Å². The average Bonchev–Trinajstić information content (AvgIpc) is 2.80. The molecule has 0 aromatic heterocycles. The molecule has 0 bridgehead atoms. The van der Waals surface area contributed by atoms with Crippen molar-refractivity contribution < 1.29 is 18.3 Å². The molecule has 3 rings (SSSR count). The molecule has 3 aliphatic rings. The number of piperidine rings is 1. The van der Waals surface area contributed by atoms with Gasteiger partial charge < -0.3 is 14.5 Å². The Morgan fingerprint density at radius 3 is 2.29 bits per heavy atom. The van der Waals surface area contributed by atoms with Crippen molar-refractivity contribution in [2.45, 2.75) is 49.7 Å². The van der Waals surface area contributed by atoms with Gasteiger partial charge in [0.25, 0.3) is 0 Å². The zero-order chi connectivity index (χ0) is 15.3. The number of ether oxygens (including phenoxy) is 1. The smallest absolute Gasteiger partial charge is 0.249 e. The van der Waals surface area contributed by atoms with E-state index in [1.807, 2.05) is 0 Å². The lowest BCUT2D eigenvalue weighted by molar-refractivity contribution is -0.163. The Morgan fingerprint density at radius 1 is 1.19 bits per heavy atom. The number of likely N-dealkylation sites (tertiary alicyclic amines) is 1. The van der Waals surface area contributed by atoms with E-state index >= 15 is 0 Å². The summed E-state index contributed by atoms with van der Waals surface area (Å²) in [6, 6.07) is 0.442. The first-order chi connectivity index (χ1) is 9.80. The normalized spacial score (nSPS) is 31.7. The summed E-state index contributed by atoms with van der Waals surface area (Å²) in [4.78, 5) is 16.1. The van der Waals surface area contributed by atoms with Crippen molar-refractivity contribution in [2.75, 3.05) is 33.8 Å². The quantitative estimate of drug-likeness (QED) is 0.779. The fraction of sp³-hybridized carbons (Fsp3) is 0.933. The van der Waals surface area contributed by atoms with Gasteiger partial charge in [0.05, 0.1) is 12.2 Å². The van der Waals surface area contributed by atoms with E-state index in [2.05, 4.69) is 19.0 Å². The Hall–Kier alpha value is -0.750. The van der Waals surface area contributed by atoms with Crippen LogP contribution in [-0.4, -0.2) is 67.1 Å². The van der Waals surface area contributed by atoms with Crippen molar-refractivity contribution in [3.8, 4) is 0 Å². The highest BCUT2D eigenvalue weighted by atomic mass is 19.3. The molecule has 2 saturated heterocycles. The summed E-state index contributed by atoms with van der Waals surface area (Å²) in [6.07, 6.45) is 2.11. The summed E-state index contributed by atoms with van der Waals surface area (Å²) < 4.78 is 31.8. The van der Waals surface area contributed by atoms with E-state index in [0.29, 0.717) is 19.1 Å². The maximum Gasteiger partial charge on any atom is 0.249 e. The lowest BCUT2D eigenvalue weighted by Crippen LogP contribution is -2.52. The summed E-state index contributed by atoms with van der Waals surface area (Å²) in [6.45, 7) is 2.03. The zero-order valence-electron chi connectivity index (χ0n) is 12.8. The van der Waals surface area contributed by atoms with Gasteiger partial charge in [-0.15, -0.1) is 0 Å². The molecule has 0 aromatic rings. The second-order valence-electron chi connectivity index (χ2n) is 7.10. The van der Waals surface area contributed by atoms with Gasteiger partial charge in [-0.1, -0.05) is 0 Å². The van der Waals surface area contributed by atoms with E-state index < -0.39 is 11.8 Å². The Morgan fingerprint density at radius 2 is 1.81 bits per heavy atom. The highest BCUT2D eigenvalue weighted by Gasteiger charge is 2.51. The summed E-state index contributed by atoms with van der Waals surface area (Å²) >= 11 is 0. The third-order valence-corrected chi connectivity index (χ3v) is 5.35. The average molecular weight is 302 g/mol. The van der Waals surface area contributed by atoms with Crippen LogP contribution in [0.4, 0.5) is 8.78 Å². The summed E-state index contributed by atoms with van der Waals surface area (Å²) in [5.41, 5.74) is -0.102. The van der Waals surface area contributed by atoms with Gasteiger partial charge in [-0.3, -0.25) is 4.79 Å².